The minimum Gasteiger partial charge on any atom is -0.393 e. The van der Waals surface area contributed by atoms with E-state index in [0.29, 0.717) is 0 Å². The minimum absolute atomic E-state index is 0.145. The van der Waals surface area contributed by atoms with Crippen molar-refractivity contribution in [2.45, 2.75) is 209 Å². The van der Waals surface area contributed by atoms with Gasteiger partial charge in [0.25, 0.3) is 11.8 Å². The van der Waals surface area contributed by atoms with E-state index in [0.717, 1.165) is 0 Å². The van der Waals surface area contributed by atoms with Crippen molar-refractivity contribution < 1.29 is 150 Å². The molecule has 0 aliphatic carbocycles. The Labute approximate surface area is 746 Å². The summed E-state index contributed by atoms with van der Waals surface area (Å²) in [6, 6.07) is 0. The fourth-order valence-electron chi connectivity index (χ4n) is 14.6. The van der Waals surface area contributed by atoms with Gasteiger partial charge >= 0.3 is 0 Å². The minimum atomic E-state index is -1.84. The summed E-state index contributed by atoms with van der Waals surface area (Å²) < 4.78 is 137. The van der Waals surface area contributed by atoms with Gasteiger partial charge in [-0.05, 0) is 57.1 Å². The van der Waals surface area contributed by atoms with Gasteiger partial charge in [-0.2, -0.15) is 0 Å². The smallest absolute Gasteiger partial charge is 0.250 e. The van der Waals surface area contributed by atoms with E-state index in [1.165, 1.54) is 140 Å². The van der Waals surface area contributed by atoms with Crippen LogP contribution < -0.4 is 39.3 Å². The van der Waals surface area contributed by atoms with E-state index in [1.807, 2.05) is 0 Å². The van der Waals surface area contributed by atoms with Crippen LogP contribution >= 0.6 is 0 Å². The summed E-state index contributed by atoms with van der Waals surface area (Å²) >= 11 is 0. The number of halogens is 7. The van der Waals surface area contributed by atoms with Gasteiger partial charge in [0.05, 0.1) is 52.9 Å². The first-order valence-electron chi connectivity index (χ1n) is 39.9. The highest BCUT2D eigenvalue weighted by molar-refractivity contribution is 5.95. The Morgan fingerprint density at radius 2 is 0.626 bits per heavy atom. The Balaban J connectivity index is 0.000000188. The molecule has 724 valence electrons. The zero-order valence-corrected chi connectivity index (χ0v) is 71.4. The third-order valence-electron chi connectivity index (χ3n) is 23.0. The van der Waals surface area contributed by atoms with E-state index < -0.39 is 222 Å². The highest BCUT2D eigenvalue weighted by Crippen LogP contribution is 2.45. The predicted molar refractivity (Wildman–Crippen MR) is 452 cm³/mol. The van der Waals surface area contributed by atoms with Crippen molar-refractivity contribution in [2.75, 3.05) is 52.9 Å². The molecule has 0 aromatic rings. The molecule has 27 N–H and O–H groups in total. The van der Waals surface area contributed by atoms with Gasteiger partial charge in [-0.25, -0.2) is 55.7 Å². The third kappa shape index (κ3) is 21.3. The molecule has 14 heterocycles. The van der Waals surface area contributed by atoms with Crippen molar-refractivity contribution in [3.8, 4) is 12.3 Å². The summed E-state index contributed by atoms with van der Waals surface area (Å²) in [7, 11) is 0. The van der Waals surface area contributed by atoms with Crippen LogP contribution in [0.4, 0.5) is 30.7 Å². The number of nitrogens with one attached hydrogen (secondary N) is 2. The van der Waals surface area contributed by atoms with Gasteiger partial charge in [-0.15, -0.1) is 13.0 Å². The Kier molecular flexibility index (Phi) is 34.5. The number of carbonyl (C=O) groups is 2. The summed E-state index contributed by atoms with van der Waals surface area (Å²) in [4.78, 5) is 50.7. The standard InChI is InChI=1S/C12H18FN3O3.C12H16FN3O3.C12H14FN3O3.C12H17FN2O4.C11H16FN3O4.C11H16FN3O3.C11H15FN2O4/c3*1-3-12(6-17)10(18)9(13)11(19-12)16-5-4-8(14)15-7(16)2;1-3-12(6-16)10(18)9(13)11(19-12)15-5-4-8(17)14-7(15)2;1-6-14-7(13)2-3-15(6)10-8(12)9(18)11(4-16,5-17)19-10;1-6-14-7(13)3-4-15(6)10-8(12)9(17)11(2,5-16)18-10;1-6-13-7(16)3-4-14(6)10-8(12)9(17)11(2,5-15)18-10/h4-5,9-11,17-18H,2-3,6H2,1H3,(H2,14,15);3-5,9-11,17-18H,1-2,6H2,(H2,14,15);1,4-5,9-11,17-18H,2,6H2,(H2,14,15);4-5,9-11,16,18H,2-3,6H2,1H3,(H,14,17);2-3,8-10,16-18H,1,4-5H2,(H2,13,14);3-4,8-10,16-17H,1,5H2,2H3,(H2,13,14);3-4,8-10,15,17H,1,5H2,2H3,(H,13,16)/t4*9-,10+,11-,12-;8-,9+,10-;2*8-,9+,10-,11-/m1111111/s1. The van der Waals surface area contributed by atoms with Crippen LogP contribution in [0.3, 0.4) is 0 Å². The van der Waals surface area contributed by atoms with Gasteiger partial charge in [0, 0.05) is 55.6 Å². The highest BCUT2D eigenvalue weighted by atomic mass is 19.2. The number of hydrogen-bond acceptors (Lipinski definition) is 41. The Morgan fingerprint density at radius 3 is 0.855 bits per heavy atom. The maximum Gasteiger partial charge on any atom is 0.250 e. The molecule has 43 nitrogen and oxygen atoms in total. The summed E-state index contributed by atoms with van der Waals surface area (Å²) in [6.45, 7) is 30.4. The van der Waals surface area contributed by atoms with Crippen molar-refractivity contribution in [1.29, 1.82) is 0 Å². The lowest BCUT2D eigenvalue weighted by molar-refractivity contribution is -0.154. The number of amides is 2. The molecule has 0 saturated carbocycles. The van der Waals surface area contributed by atoms with Crippen LogP contribution in [0, 0.1) is 12.3 Å². The van der Waals surface area contributed by atoms with Crippen LogP contribution in [0.5, 0.6) is 0 Å². The Bertz CT molecular complexity index is 4600. The molecule has 14 aliphatic rings. The van der Waals surface area contributed by atoms with Gasteiger partial charge in [0.15, 0.2) is 92.4 Å². The van der Waals surface area contributed by atoms with Crippen LogP contribution in [0.25, 0.3) is 0 Å². The first-order chi connectivity index (χ1) is 61.5. The fraction of sp³-hybridized carbons (Fsp3) is 0.519. The van der Waals surface area contributed by atoms with Crippen LogP contribution in [-0.2, 0) is 42.7 Å². The first kappa shape index (κ1) is 106. The molecule has 27 atom stereocenters. The van der Waals surface area contributed by atoms with Crippen molar-refractivity contribution in [2.24, 2.45) is 53.6 Å². The molecule has 2 amide bonds. The molecule has 0 unspecified atom stereocenters. The van der Waals surface area contributed by atoms with Crippen LogP contribution in [0.2, 0.25) is 0 Å². The molecule has 14 aliphatic heterocycles. The second kappa shape index (κ2) is 42.8. The third-order valence-corrected chi connectivity index (χ3v) is 23.0. The van der Waals surface area contributed by atoms with Crippen molar-refractivity contribution in [1.82, 2.24) is 44.9 Å². The number of alkyl halides is 7. The molecular formula is C81H112F7N19O24. The Hall–Kier alpha value is -10.8. The summed E-state index contributed by atoms with van der Waals surface area (Å²) in [6.07, 6.45) is -4.18. The van der Waals surface area contributed by atoms with Crippen molar-refractivity contribution in [3.05, 3.63) is 185 Å². The number of nitrogens with zero attached hydrogens (tertiary/aromatic N) is 12. The summed E-state index contributed by atoms with van der Waals surface area (Å²) in [5.74, 6) is 3.83. The monoisotopic (exact) mass is 1870 g/mol. The molecule has 0 spiro atoms. The molecular weight excluding hydrogens is 1760 g/mol. The maximum absolute atomic E-state index is 14.2. The average Bonchev–Trinajstić information content (AvgIpc) is 1.54. The van der Waals surface area contributed by atoms with Crippen LogP contribution in [0.15, 0.2) is 210 Å². The van der Waals surface area contributed by atoms with Gasteiger partial charge in [-0.1, -0.05) is 71.9 Å². The topological polar surface area (TPSA) is 641 Å². The van der Waals surface area contributed by atoms with Gasteiger partial charge in [0.1, 0.15) is 146 Å². The molecule has 0 aromatic heterocycles. The van der Waals surface area contributed by atoms with E-state index in [-0.39, 0.29) is 94.6 Å². The van der Waals surface area contributed by atoms with Crippen LogP contribution in [0.1, 0.15) is 40.5 Å². The number of ether oxygens (including phenoxy) is 7. The molecule has 0 bridgehead atoms. The van der Waals surface area contributed by atoms with Crippen molar-refractivity contribution >= 4 is 41.0 Å². The van der Waals surface area contributed by atoms with Gasteiger partial charge in [0.2, 0.25) is 0 Å². The zero-order chi connectivity index (χ0) is 98.0. The maximum atomic E-state index is 14.2. The molecule has 14 rings (SSSR count). The largest absolute Gasteiger partial charge is 0.393 e. The van der Waals surface area contributed by atoms with Crippen molar-refractivity contribution in [3.63, 3.8) is 0 Å². The molecule has 131 heavy (non-hydrogen) atoms. The SMILES string of the molecule is C#C[C@]1(CO)O[C@@H](N2C=CC(N)=NC2=C)[C@H](F)[C@@H]1O.C=C1N=C(N)C=CN1[C@@H]1OC(CO)(CO)[C@@H](O)[C@H]1F.C=C1N=C(N)C=CN1[C@@H]1O[C@](C)(CO)[C@@H](O)[C@H]1F.C=C1N=C(N)C=CN1[C@@H]1O[C@](CC)(CO)[C@@H](O)[C@H]1F.C=C1NC(=O)C=CN1[C@@H]1O[C@](C)(CO)[C@@H](O)[C@H]1F.C=C1NC(=O)C=CN1[C@@H]1O[C@](CC)(CO)[C@@H](O)[C@H]1F.C=C[C@]1(CO)O[C@@H](N2C=CC(N)=NC2=C)[C@H](F)[C@@H]1O. The molecule has 0 radical (unpaired) electrons. The fourth-order valence-corrected chi connectivity index (χ4v) is 14.6. The number of rotatable bonds is 18. The van der Waals surface area contributed by atoms with E-state index in [1.54, 1.807) is 13.8 Å². The number of hydrogen-bond donors (Lipinski definition) is 22. The molecule has 7 saturated heterocycles. The number of carbonyl (C=O) groups excluding carboxylic acids is 2. The summed E-state index contributed by atoms with van der Waals surface area (Å²) in [5.41, 5.74) is 17.0. The summed E-state index contributed by atoms with van der Waals surface area (Å²) in [5, 5.41) is 148. The normalized spacial score (nSPS) is 38.3. The average molecular weight is 1870 g/mol. The van der Waals surface area contributed by atoms with Gasteiger partial charge < -0.3 is 183 Å². The second-order valence-electron chi connectivity index (χ2n) is 31.5. The predicted octanol–water partition coefficient (Wildman–Crippen LogP) is -4.80. The number of nitrogens with two attached hydrogens (primary N) is 5. The lowest BCUT2D eigenvalue weighted by atomic mass is 9.94. The Morgan fingerprint density at radius 1 is 0.374 bits per heavy atom. The molecule has 7 fully saturated rings. The number of aliphatic hydroxyl groups excluding tert-OH is 15. The number of amidine groups is 5. The van der Waals surface area contributed by atoms with E-state index in [4.69, 9.17) is 73.4 Å². The highest BCUT2D eigenvalue weighted by Gasteiger charge is 2.63. The lowest BCUT2D eigenvalue weighted by Gasteiger charge is -2.33. The van der Waals surface area contributed by atoms with E-state index >= 15 is 0 Å². The first-order valence-corrected chi connectivity index (χ1v) is 39.9. The second-order valence-corrected chi connectivity index (χ2v) is 31.5. The van der Waals surface area contributed by atoms with E-state index in [9.17, 15) is 112 Å². The van der Waals surface area contributed by atoms with E-state index in [2.05, 4.69) is 94.1 Å². The molecule has 50 heteroatoms. The van der Waals surface area contributed by atoms with Crippen LogP contribution in [-0.4, -0.2) is 373 Å². The number of aliphatic imine (C=N–C) groups is 5. The lowest BCUT2D eigenvalue weighted by Crippen LogP contribution is -2.48. The molecule has 0 aromatic carbocycles. The number of aliphatic hydroxyl groups is 15. The number of terminal acetylenes is 1. The zero-order valence-electron chi connectivity index (χ0n) is 71.4. The quantitative estimate of drug-likeness (QED) is 0.0348. The van der Waals surface area contributed by atoms with Gasteiger partial charge in [-0.3, -0.25) is 9.59 Å².